The van der Waals surface area contributed by atoms with Crippen LogP contribution in [0.1, 0.15) is 33.5 Å². The molecule has 0 radical (unpaired) electrons. The van der Waals surface area contributed by atoms with E-state index >= 15 is 0 Å². The van der Waals surface area contributed by atoms with Crippen molar-refractivity contribution in [3.8, 4) is 0 Å². The number of hydrogen-bond acceptors (Lipinski definition) is 3. The summed E-state index contributed by atoms with van der Waals surface area (Å²) in [5.74, 6) is 2.23. The van der Waals surface area contributed by atoms with Gasteiger partial charge in [-0.2, -0.15) is 11.8 Å². The fourth-order valence-corrected chi connectivity index (χ4v) is 3.75. The fraction of sp³-hybridized carbons (Fsp3) is 0.267. The second-order valence-corrected chi connectivity index (χ2v) is 6.86. The van der Waals surface area contributed by atoms with Gasteiger partial charge in [-0.05, 0) is 48.6 Å². The molecule has 0 atom stereocenters. The molecule has 0 saturated carbocycles. The number of rotatable bonds is 6. The summed E-state index contributed by atoms with van der Waals surface area (Å²) in [6.07, 6.45) is 1.19. The van der Waals surface area contributed by atoms with Crippen molar-refractivity contribution in [2.24, 2.45) is 0 Å². The molecule has 1 aromatic heterocycles. The van der Waals surface area contributed by atoms with E-state index in [1.165, 1.54) is 17.1 Å². The Kier molecular flexibility index (Phi) is 5.49. The average molecular weight is 311 g/mol. The van der Waals surface area contributed by atoms with Gasteiger partial charge in [-0.1, -0.05) is 18.5 Å². The van der Waals surface area contributed by atoms with Gasteiger partial charge < -0.3 is 0 Å². The van der Waals surface area contributed by atoms with Gasteiger partial charge in [-0.3, -0.25) is 4.79 Å². The summed E-state index contributed by atoms with van der Waals surface area (Å²) in [6, 6.07) is 11.0. The molecule has 2 aromatic rings. The highest BCUT2D eigenvalue weighted by molar-refractivity contribution is 7.98. The third kappa shape index (κ3) is 4.10. The Labute approximate surface area is 127 Å². The molecular weight excluding hydrogens is 296 g/mol. The average Bonchev–Trinajstić information content (AvgIpc) is 2.88. The molecule has 19 heavy (non-hydrogen) atoms. The lowest BCUT2D eigenvalue weighted by Gasteiger charge is -1.98. The minimum atomic E-state index is 0.0772. The van der Waals surface area contributed by atoms with Crippen LogP contribution in [0.4, 0.5) is 0 Å². The third-order valence-corrected chi connectivity index (χ3v) is 5.32. The minimum Gasteiger partial charge on any atom is -0.288 e. The van der Waals surface area contributed by atoms with Crippen LogP contribution in [0.25, 0.3) is 0 Å². The Balaban J connectivity index is 2.05. The Morgan fingerprint density at radius 1 is 1.21 bits per heavy atom. The number of hydrogen-bond donors (Lipinski definition) is 0. The van der Waals surface area contributed by atoms with Gasteiger partial charge in [0.05, 0.1) is 4.88 Å². The van der Waals surface area contributed by atoms with Crippen LogP contribution in [0.3, 0.4) is 0 Å². The smallest absolute Gasteiger partial charge is 0.202 e. The first-order valence-corrected chi connectivity index (χ1v) is 8.52. The van der Waals surface area contributed by atoms with Crippen LogP contribution in [0.15, 0.2) is 36.4 Å². The van der Waals surface area contributed by atoms with E-state index in [0.29, 0.717) is 10.6 Å². The van der Waals surface area contributed by atoms with Crippen molar-refractivity contribution in [2.75, 3.05) is 5.75 Å². The predicted octanol–water partition coefficient (Wildman–Crippen LogP) is 5.28. The third-order valence-electron chi connectivity index (χ3n) is 2.58. The second kappa shape index (κ2) is 7.13. The van der Waals surface area contributed by atoms with Gasteiger partial charge in [-0.15, -0.1) is 11.3 Å². The molecule has 0 amide bonds. The first-order chi connectivity index (χ1) is 9.20. The fourth-order valence-electron chi connectivity index (χ4n) is 1.64. The van der Waals surface area contributed by atoms with Gasteiger partial charge in [0.1, 0.15) is 0 Å². The summed E-state index contributed by atoms with van der Waals surface area (Å²) in [7, 11) is 0. The number of halogens is 1. The first-order valence-electron chi connectivity index (χ1n) is 6.17. The van der Waals surface area contributed by atoms with E-state index in [1.807, 2.05) is 17.8 Å². The molecular formula is C15H15ClOS2. The number of carbonyl (C=O) groups excluding carboxylic acids is 1. The zero-order chi connectivity index (χ0) is 13.7. The van der Waals surface area contributed by atoms with Crippen molar-refractivity contribution in [2.45, 2.75) is 19.1 Å². The minimum absolute atomic E-state index is 0.0772. The maximum Gasteiger partial charge on any atom is 0.202 e. The molecule has 0 fully saturated rings. The van der Waals surface area contributed by atoms with Crippen molar-refractivity contribution < 1.29 is 4.79 Å². The van der Waals surface area contributed by atoms with Gasteiger partial charge in [0.25, 0.3) is 0 Å². The molecule has 0 N–H and O–H groups in total. The highest BCUT2D eigenvalue weighted by Gasteiger charge is 2.11. The molecule has 0 aliphatic rings. The topological polar surface area (TPSA) is 17.1 Å². The van der Waals surface area contributed by atoms with E-state index in [9.17, 15) is 4.79 Å². The molecule has 0 aliphatic heterocycles. The molecule has 0 spiro atoms. The quantitative estimate of drug-likeness (QED) is 0.533. The summed E-state index contributed by atoms with van der Waals surface area (Å²) in [4.78, 5) is 14.3. The van der Waals surface area contributed by atoms with Crippen LogP contribution >= 0.6 is 34.7 Å². The van der Waals surface area contributed by atoms with E-state index in [4.69, 9.17) is 11.6 Å². The molecule has 0 aliphatic carbocycles. The monoisotopic (exact) mass is 310 g/mol. The number of carbonyl (C=O) groups is 1. The lowest BCUT2D eigenvalue weighted by molar-refractivity contribution is 0.104. The van der Waals surface area contributed by atoms with Gasteiger partial charge in [-0.25, -0.2) is 0 Å². The lowest BCUT2D eigenvalue weighted by atomic mass is 10.1. The van der Waals surface area contributed by atoms with Crippen molar-refractivity contribution in [1.82, 2.24) is 0 Å². The number of thiophene rings is 1. The van der Waals surface area contributed by atoms with Crippen molar-refractivity contribution in [3.05, 3.63) is 56.7 Å². The van der Waals surface area contributed by atoms with Crippen LogP contribution in [0.2, 0.25) is 5.02 Å². The van der Waals surface area contributed by atoms with E-state index in [2.05, 4.69) is 13.0 Å². The Hall–Kier alpha value is -0.770. The standard InChI is InChI=1S/C15H15ClOS2/c1-2-9-18-10-13-7-8-14(19-13)15(17)11-3-5-12(16)6-4-11/h3-8H,2,9-10H2,1H3. The Morgan fingerprint density at radius 2 is 1.95 bits per heavy atom. The summed E-state index contributed by atoms with van der Waals surface area (Å²) >= 11 is 9.32. The van der Waals surface area contributed by atoms with E-state index < -0.39 is 0 Å². The SMILES string of the molecule is CCCSCc1ccc(C(=O)c2ccc(Cl)cc2)s1. The maximum absolute atomic E-state index is 12.3. The molecule has 1 nitrogen and oxygen atoms in total. The van der Waals surface area contributed by atoms with Crippen molar-refractivity contribution >= 4 is 40.5 Å². The Morgan fingerprint density at radius 3 is 2.63 bits per heavy atom. The zero-order valence-electron chi connectivity index (χ0n) is 10.7. The highest BCUT2D eigenvalue weighted by Crippen LogP contribution is 2.24. The van der Waals surface area contributed by atoms with Crippen LogP contribution in [-0.4, -0.2) is 11.5 Å². The summed E-state index contributed by atoms with van der Waals surface area (Å²) in [5.41, 5.74) is 0.694. The molecule has 1 aromatic carbocycles. The van der Waals surface area contributed by atoms with E-state index in [0.717, 1.165) is 10.6 Å². The van der Waals surface area contributed by atoms with Gasteiger partial charge in [0.2, 0.25) is 5.78 Å². The number of ketones is 1. The van der Waals surface area contributed by atoms with Gasteiger partial charge in [0, 0.05) is 21.2 Å². The summed E-state index contributed by atoms with van der Waals surface area (Å²) in [5, 5.41) is 0.652. The molecule has 0 unspecified atom stereocenters. The summed E-state index contributed by atoms with van der Waals surface area (Å²) in [6.45, 7) is 2.18. The predicted molar refractivity (Wildman–Crippen MR) is 85.7 cm³/mol. The first kappa shape index (κ1) is 14.6. The van der Waals surface area contributed by atoms with Crippen molar-refractivity contribution in [1.29, 1.82) is 0 Å². The zero-order valence-corrected chi connectivity index (χ0v) is 13.1. The lowest BCUT2D eigenvalue weighted by Crippen LogP contribution is -1.97. The van der Waals surface area contributed by atoms with Crippen LogP contribution in [0.5, 0.6) is 0 Å². The van der Waals surface area contributed by atoms with E-state index in [1.54, 1.807) is 35.6 Å². The molecule has 4 heteroatoms. The van der Waals surface area contributed by atoms with Gasteiger partial charge >= 0.3 is 0 Å². The second-order valence-electron chi connectivity index (χ2n) is 4.15. The Bertz CT molecular complexity index is 546. The van der Waals surface area contributed by atoms with Crippen LogP contribution in [-0.2, 0) is 5.75 Å². The molecule has 2 rings (SSSR count). The van der Waals surface area contributed by atoms with Gasteiger partial charge in [0.15, 0.2) is 0 Å². The van der Waals surface area contributed by atoms with Crippen molar-refractivity contribution in [3.63, 3.8) is 0 Å². The molecule has 1 heterocycles. The number of thioether (sulfide) groups is 1. The van der Waals surface area contributed by atoms with Crippen LogP contribution in [0, 0.1) is 0 Å². The maximum atomic E-state index is 12.3. The largest absolute Gasteiger partial charge is 0.288 e. The molecule has 100 valence electrons. The molecule has 0 bridgehead atoms. The molecule has 0 saturated heterocycles. The van der Waals surface area contributed by atoms with E-state index in [-0.39, 0.29) is 5.78 Å². The van der Waals surface area contributed by atoms with Crippen LogP contribution < -0.4 is 0 Å². The number of benzene rings is 1. The summed E-state index contributed by atoms with van der Waals surface area (Å²) < 4.78 is 0. The highest BCUT2D eigenvalue weighted by atomic mass is 35.5. The normalized spacial score (nSPS) is 10.6.